The summed E-state index contributed by atoms with van der Waals surface area (Å²) in [6.45, 7) is 3.60. The first-order valence-corrected chi connectivity index (χ1v) is 11.1. The minimum Gasteiger partial charge on any atom is -0.495 e. The van der Waals surface area contributed by atoms with Crippen LogP contribution in [0.1, 0.15) is 49.9 Å². The van der Waals surface area contributed by atoms with Crippen LogP contribution in [0.25, 0.3) is 0 Å². The van der Waals surface area contributed by atoms with Crippen LogP contribution < -0.4 is 10.1 Å². The van der Waals surface area contributed by atoms with E-state index in [0.29, 0.717) is 5.92 Å². The van der Waals surface area contributed by atoms with Crippen LogP contribution in [0.15, 0.2) is 23.1 Å². The number of esters is 1. The zero-order valence-electron chi connectivity index (χ0n) is 17.6. The average Bonchev–Trinajstić information content (AvgIpc) is 2.68. The molecule has 1 aromatic carbocycles. The predicted molar refractivity (Wildman–Crippen MR) is 108 cm³/mol. The number of amides is 1. The van der Waals surface area contributed by atoms with Crippen LogP contribution >= 0.6 is 0 Å². The summed E-state index contributed by atoms with van der Waals surface area (Å²) in [6, 6.07) is 4.07. The maximum Gasteiger partial charge on any atom is 0.338 e. The highest BCUT2D eigenvalue weighted by molar-refractivity contribution is 7.89. The highest BCUT2D eigenvalue weighted by Gasteiger charge is 2.28. The molecule has 162 valence electrons. The summed E-state index contributed by atoms with van der Waals surface area (Å²) < 4.78 is 36.4. The first-order chi connectivity index (χ1) is 13.6. The molecule has 1 aromatic rings. The van der Waals surface area contributed by atoms with E-state index in [2.05, 4.69) is 12.2 Å². The normalized spacial score (nSPS) is 20.8. The number of nitrogens with one attached hydrogen (secondary N) is 1. The van der Waals surface area contributed by atoms with Crippen molar-refractivity contribution in [2.75, 3.05) is 21.2 Å². The number of rotatable bonds is 7. The van der Waals surface area contributed by atoms with Crippen molar-refractivity contribution in [1.29, 1.82) is 0 Å². The monoisotopic (exact) mass is 426 g/mol. The van der Waals surface area contributed by atoms with Crippen molar-refractivity contribution in [1.82, 2.24) is 9.62 Å². The molecule has 0 saturated heterocycles. The van der Waals surface area contributed by atoms with Gasteiger partial charge in [-0.25, -0.2) is 17.5 Å². The number of hydrogen-bond acceptors (Lipinski definition) is 6. The van der Waals surface area contributed by atoms with Crippen LogP contribution in [-0.4, -0.2) is 58.0 Å². The molecule has 3 atom stereocenters. The highest BCUT2D eigenvalue weighted by Crippen LogP contribution is 2.27. The van der Waals surface area contributed by atoms with E-state index in [1.54, 1.807) is 0 Å². The SMILES string of the molecule is COc1ccc(C(=O)O[C@H](C)C(=O)N[C@H]2CCCC[C@@H]2C)cc1S(=O)(=O)N(C)C. The Bertz CT molecular complexity index is 853. The lowest BCUT2D eigenvalue weighted by Gasteiger charge is -2.30. The van der Waals surface area contributed by atoms with E-state index in [9.17, 15) is 18.0 Å². The third-order valence-electron chi connectivity index (χ3n) is 5.25. The molecular formula is C20H30N2O6S. The third-order valence-corrected chi connectivity index (χ3v) is 7.09. The van der Waals surface area contributed by atoms with Crippen molar-refractivity contribution < 1.29 is 27.5 Å². The van der Waals surface area contributed by atoms with Crippen LogP contribution in [-0.2, 0) is 19.6 Å². The Labute approximate surface area is 172 Å². The molecule has 0 bridgehead atoms. The van der Waals surface area contributed by atoms with Gasteiger partial charge in [-0.05, 0) is 43.9 Å². The number of benzene rings is 1. The van der Waals surface area contributed by atoms with Crippen LogP contribution in [0.2, 0.25) is 0 Å². The van der Waals surface area contributed by atoms with Gasteiger partial charge in [0, 0.05) is 20.1 Å². The summed E-state index contributed by atoms with van der Waals surface area (Å²) in [5.74, 6) is -0.628. The second-order valence-corrected chi connectivity index (χ2v) is 9.70. The smallest absolute Gasteiger partial charge is 0.338 e. The Morgan fingerprint density at radius 3 is 2.45 bits per heavy atom. The van der Waals surface area contributed by atoms with Crippen molar-refractivity contribution in [3.05, 3.63) is 23.8 Å². The predicted octanol–water partition coefficient (Wildman–Crippen LogP) is 2.19. The van der Waals surface area contributed by atoms with E-state index in [-0.39, 0.29) is 28.2 Å². The highest BCUT2D eigenvalue weighted by atomic mass is 32.2. The lowest BCUT2D eigenvalue weighted by atomic mass is 9.86. The van der Waals surface area contributed by atoms with Crippen LogP contribution in [0, 0.1) is 5.92 Å². The third kappa shape index (κ3) is 5.48. The Kier molecular flexibility index (Phi) is 7.65. The maximum absolute atomic E-state index is 12.5. The minimum absolute atomic E-state index is 0.0249. The molecule has 0 heterocycles. The molecule has 1 fully saturated rings. The van der Waals surface area contributed by atoms with E-state index >= 15 is 0 Å². The summed E-state index contributed by atoms with van der Waals surface area (Å²) in [4.78, 5) is 24.8. The van der Waals surface area contributed by atoms with E-state index < -0.39 is 22.1 Å². The number of sulfonamides is 1. The van der Waals surface area contributed by atoms with Crippen LogP contribution in [0.5, 0.6) is 5.75 Å². The zero-order valence-corrected chi connectivity index (χ0v) is 18.4. The molecule has 29 heavy (non-hydrogen) atoms. The van der Waals surface area contributed by atoms with E-state index in [1.807, 2.05) is 0 Å². The van der Waals surface area contributed by atoms with Gasteiger partial charge in [0.2, 0.25) is 10.0 Å². The lowest BCUT2D eigenvalue weighted by molar-refractivity contribution is -0.130. The minimum atomic E-state index is -3.82. The molecule has 1 aliphatic rings. The van der Waals surface area contributed by atoms with Crippen LogP contribution in [0.3, 0.4) is 0 Å². The maximum atomic E-state index is 12.5. The summed E-state index contributed by atoms with van der Waals surface area (Å²) in [5, 5.41) is 2.96. The number of nitrogens with zero attached hydrogens (tertiary/aromatic N) is 1. The molecular weight excluding hydrogens is 396 g/mol. The van der Waals surface area contributed by atoms with Crippen molar-refractivity contribution in [2.45, 2.75) is 56.6 Å². The van der Waals surface area contributed by atoms with E-state index in [0.717, 1.165) is 30.0 Å². The van der Waals surface area contributed by atoms with Gasteiger partial charge in [0.15, 0.2) is 6.10 Å². The van der Waals surface area contributed by atoms with Gasteiger partial charge in [-0.1, -0.05) is 19.8 Å². The summed E-state index contributed by atoms with van der Waals surface area (Å²) in [6.07, 6.45) is 3.21. The Balaban J connectivity index is 2.12. The van der Waals surface area contributed by atoms with Crippen molar-refractivity contribution >= 4 is 21.9 Å². The van der Waals surface area contributed by atoms with Gasteiger partial charge in [-0.15, -0.1) is 0 Å². The molecule has 2 rings (SSSR count). The number of hydrogen-bond donors (Lipinski definition) is 1. The number of ether oxygens (including phenoxy) is 2. The fraction of sp³-hybridized carbons (Fsp3) is 0.600. The first kappa shape index (κ1) is 23.2. The zero-order chi connectivity index (χ0) is 21.8. The van der Waals surface area contributed by atoms with Crippen molar-refractivity contribution in [3.63, 3.8) is 0 Å². The topological polar surface area (TPSA) is 102 Å². The molecule has 8 nitrogen and oxygen atoms in total. The number of carbonyl (C=O) groups excluding carboxylic acids is 2. The second-order valence-electron chi connectivity index (χ2n) is 7.58. The van der Waals surface area contributed by atoms with Gasteiger partial charge >= 0.3 is 5.97 Å². The van der Waals surface area contributed by atoms with E-state index in [4.69, 9.17) is 9.47 Å². The molecule has 0 radical (unpaired) electrons. The van der Waals surface area contributed by atoms with Gasteiger partial charge in [0.05, 0.1) is 12.7 Å². The largest absolute Gasteiger partial charge is 0.495 e. The Morgan fingerprint density at radius 1 is 1.21 bits per heavy atom. The summed E-state index contributed by atoms with van der Waals surface area (Å²) in [7, 11) is 0.298. The summed E-state index contributed by atoms with van der Waals surface area (Å²) >= 11 is 0. The van der Waals surface area contributed by atoms with Crippen molar-refractivity contribution in [2.24, 2.45) is 5.92 Å². The standard InChI is InChI=1S/C20H30N2O6S/c1-13-8-6-7-9-16(13)21-19(23)14(2)28-20(24)15-10-11-17(27-5)18(12-15)29(25,26)22(3)4/h10-14,16H,6-9H2,1-5H3,(H,21,23)/t13-,14+,16-/m0/s1. The van der Waals surface area contributed by atoms with Gasteiger partial charge in [-0.2, -0.15) is 0 Å². The molecule has 0 aromatic heterocycles. The Morgan fingerprint density at radius 2 is 1.86 bits per heavy atom. The van der Waals surface area contributed by atoms with Crippen molar-refractivity contribution in [3.8, 4) is 5.75 Å². The molecule has 1 amide bonds. The van der Waals surface area contributed by atoms with Gasteiger partial charge < -0.3 is 14.8 Å². The first-order valence-electron chi connectivity index (χ1n) is 9.69. The van der Waals surface area contributed by atoms with Gasteiger partial charge in [-0.3, -0.25) is 4.79 Å². The molecule has 1 saturated carbocycles. The van der Waals surface area contributed by atoms with Gasteiger partial charge in [0.1, 0.15) is 10.6 Å². The van der Waals surface area contributed by atoms with Gasteiger partial charge in [0.25, 0.3) is 5.91 Å². The average molecular weight is 427 g/mol. The quantitative estimate of drug-likeness (QED) is 0.671. The molecule has 9 heteroatoms. The van der Waals surface area contributed by atoms with E-state index in [1.165, 1.54) is 46.3 Å². The lowest BCUT2D eigenvalue weighted by Crippen LogP contribution is -2.46. The number of carbonyl (C=O) groups is 2. The second kappa shape index (κ2) is 9.58. The molecule has 0 aliphatic heterocycles. The molecule has 1 aliphatic carbocycles. The molecule has 0 unspecified atom stereocenters. The number of methoxy groups -OCH3 is 1. The summed E-state index contributed by atoms with van der Waals surface area (Å²) in [5.41, 5.74) is 0.0249. The van der Waals surface area contributed by atoms with Crippen LogP contribution in [0.4, 0.5) is 0 Å². The fourth-order valence-electron chi connectivity index (χ4n) is 3.31. The fourth-order valence-corrected chi connectivity index (χ4v) is 4.39. The molecule has 0 spiro atoms. The molecule has 1 N–H and O–H groups in total. The Hall–Kier alpha value is -2.13.